The average Bonchev–Trinajstić information content (AvgIpc) is 2.54. The van der Waals surface area contributed by atoms with Gasteiger partial charge < -0.3 is 4.74 Å². The number of benzene rings is 1. The van der Waals surface area contributed by atoms with Crippen molar-refractivity contribution in [3.63, 3.8) is 0 Å². The van der Waals surface area contributed by atoms with E-state index in [0.29, 0.717) is 6.73 Å². The molecule has 0 radical (unpaired) electrons. The maximum absolute atomic E-state index is 6.04. The molecule has 24 heavy (non-hydrogen) atoms. The van der Waals surface area contributed by atoms with Gasteiger partial charge in [0.15, 0.2) is 0 Å². The largest absolute Gasteiger partial charge is 0.478 e. The first-order valence-corrected chi connectivity index (χ1v) is 8.61. The van der Waals surface area contributed by atoms with Gasteiger partial charge in [-0.25, -0.2) is 9.97 Å². The molecule has 0 aliphatic carbocycles. The second-order valence-corrected chi connectivity index (χ2v) is 7.69. The van der Waals surface area contributed by atoms with E-state index < -0.39 is 0 Å². The first-order chi connectivity index (χ1) is 11.3. The Morgan fingerprint density at radius 3 is 2.75 bits per heavy atom. The third-order valence-corrected chi connectivity index (χ3v) is 4.64. The van der Waals surface area contributed by atoms with Crippen molar-refractivity contribution >= 4 is 0 Å². The molecule has 2 aromatic rings. The van der Waals surface area contributed by atoms with E-state index in [4.69, 9.17) is 9.72 Å². The Hall–Kier alpha value is -1.94. The summed E-state index contributed by atoms with van der Waals surface area (Å²) in [5.41, 5.74) is 4.89. The highest BCUT2D eigenvalue weighted by atomic mass is 16.5. The van der Waals surface area contributed by atoms with Gasteiger partial charge in [-0.2, -0.15) is 0 Å². The quantitative estimate of drug-likeness (QED) is 0.861. The predicted molar refractivity (Wildman–Crippen MR) is 96.3 cm³/mol. The monoisotopic (exact) mass is 325 g/mol. The molecule has 0 saturated heterocycles. The molecule has 1 aromatic heterocycles. The Morgan fingerprint density at radius 2 is 2.00 bits per heavy atom. The van der Waals surface area contributed by atoms with Crippen LogP contribution in [0.5, 0.6) is 5.75 Å². The molecule has 1 aliphatic heterocycles. The van der Waals surface area contributed by atoms with Crippen LogP contribution >= 0.6 is 0 Å². The molecule has 4 nitrogen and oxygen atoms in total. The second-order valence-electron chi connectivity index (χ2n) is 7.69. The van der Waals surface area contributed by atoms with Gasteiger partial charge in [0.2, 0.25) is 0 Å². The van der Waals surface area contributed by atoms with Gasteiger partial charge >= 0.3 is 0 Å². The van der Waals surface area contributed by atoms with E-state index in [0.717, 1.165) is 31.1 Å². The van der Waals surface area contributed by atoms with Crippen molar-refractivity contribution in [1.29, 1.82) is 0 Å². The zero-order valence-electron chi connectivity index (χ0n) is 15.4. The van der Waals surface area contributed by atoms with Crippen LogP contribution in [0, 0.1) is 13.8 Å². The van der Waals surface area contributed by atoms with Gasteiger partial charge in [-0.15, -0.1) is 0 Å². The van der Waals surface area contributed by atoms with E-state index in [-0.39, 0.29) is 5.41 Å². The lowest BCUT2D eigenvalue weighted by Gasteiger charge is -2.29. The fourth-order valence-electron chi connectivity index (χ4n) is 2.89. The molecule has 0 unspecified atom stereocenters. The Bertz CT molecular complexity index is 734. The first-order valence-electron chi connectivity index (χ1n) is 8.61. The summed E-state index contributed by atoms with van der Waals surface area (Å²) in [6, 6.07) is 6.20. The number of rotatable bonds is 3. The van der Waals surface area contributed by atoms with Crippen LogP contribution in [-0.2, 0) is 18.4 Å². The number of fused-ring (bicyclic) bond motifs is 1. The average molecular weight is 325 g/mol. The molecule has 0 bridgehead atoms. The van der Waals surface area contributed by atoms with Crippen LogP contribution in [0.4, 0.5) is 0 Å². The van der Waals surface area contributed by atoms with Crippen LogP contribution in [0.2, 0.25) is 0 Å². The second kappa shape index (κ2) is 6.52. The third-order valence-electron chi connectivity index (χ3n) is 4.64. The molecule has 0 spiro atoms. The number of hydrogen-bond donors (Lipinski definition) is 0. The molecule has 2 heterocycles. The smallest absolute Gasteiger partial charge is 0.142 e. The summed E-state index contributed by atoms with van der Waals surface area (Å²) in [4.78, 5) is 11.7. The van der Waals surface area contributed by atoms with Crippen molar-refractivity contribution in [2.75, 3.05) is 13.3 Å². The van der Waals surface area contributed by atoms with Crippen molar-refractivity contribution in [3.8, 4) is 5.75 Å². The standard InChI is InChI=1S/C20H27N3O/c1-14-7-6-8-18(15(14)2)24-13-23-10-9-17-16(12-23)11-21-19(22-17)20(3,4)5/h6-8,11H,9-10,12-13H2,1-5H3. The molecule has 0 N–H and O–H groups in total. The van der Waals surface area contributed by atoms with Crippen LogP contribution in [0.3, 0.4) is 0 Å². The van der Waals surface area contributed by atoms with Crippen molar-refractivity contribution in [3.05, 3.63) is 52.6 Å². The number of hydrogen-bond acceptors (Lipinski definition) is 4. The van der Waals surface area contributed by atoms with Gasteiger partial charge in [0.1, 0.15) is 18.3 Å². The number of nitrogens with zero attached hydrogens (tertiary/aromatic N) is 3. The van der Waals surface area contributed by atoms with E-state index in [1.54, 1.807) is 0 Å². The van der Waals surface area contributed by atoms with Crippen molar-refractivity contribution in [2.45, 2.75) is 53.0 Å². The Labute approximate surface area is 144 Å². The van der Waals surface area contributed by atoms with E-state index >= 15 is 0 Å². The highest BCUT2D eigenvalue weighted by Crippen LogP contribution is 2.24. The molecular formula is C20H27N3O. The Kier molecular flexibility index (Phi) is 4.59. The number of aryl methyl sites for hydroxylation is 1. The van der Waals surface area contributed by atoms with Gasteiger partial charge in [-0.3, -0.25) is 4.90 Å². The zero-order valence-corrected chi connectivity index (χ0v) is 15.4. The van der Waals surface area contributed by atoms with Gasteiger partial charge in [0.05, 0.1) is 0 Å². The van der Waals surface area contributed by atoms with Crippen molar-refractivity contribution in [2.24, 2.45) is 0 Å². The molecule has 4 heteroatoms. The first kappa shape index (κ1) is 16.9. The lowest BCUT2D eigenvalue weighted by molar-refractivity contribution is 0.112. The minimum absolute atomic E-state index is 0.00201. The topological polar surface area (TPSA) is 38.2 Å². The van der Waals surface area contributed by atoms with Gasteiger partial charge in [-0.05, 0) is 31.0 Å². The third kappa shape index (κ3) is 3.59. The molecule has 1 aromatic carbocycles. The molecule has 0 atom stereocenters. The summed E-state index contributed by atoms with van der Waals surface area (Å²) < 4.78 is 6.04. The summed E-state index contributed by atoms with van der Waals surface area (Å²) in [6.07, 6.45) is 2.95. The zero-order chi connectivity index (χ0) is 17.3. The molecule has 128 valence electrons. The van der Waals surface area contributed by atoms with Crippen LogP contribution in [0.1, 0.15) is 49.0 Å². The fourth-order valence-corrected chi connectivity index (χ4v) is 2.89. The van der Waals surface area contributed by atoms with E-state index in [1.165, 1.54) is 22.4 Å². The molecule has 0 fully saturated rings. The van der Waals surface area contributed by atoms with Crippen LogP contribution < -0.4 is 4.74 Å². The molecule has 0 saturated carbocycles. The molecule has 0 amide bonds. The summed E-state index contributed by atoms with van der Waals surface area (Å²) >= 11 is 0. The van der Waals surface area contributed by atoms with Gasteiger partial charge in [0, 0.05) is 42.4 Å². The Morgan fingerprint density at radius 1 is 1.21 bits per heavy atom. The summed E-state index contributed by atoms with van der Waals surface area (Å²) in [6.45, 7) is 13.1. The number of ether oxygens (including phenoxy) is 1. The van der Waals surface area contributed by atoms with E-state index in [1.807, 2.05) is 18.3 Å². The lowest BCUT2D eigenvalue weighted by Crippen LogP contribution is -2.35. The maximum atomic E-state index is 6.04. The van der Waals surface area contributed by atoms with Crippen molar-refractivity contribution in [1.82, 2.24) is 14.9 Å². The van der Waals surface area contributed by atoms with Crippen LogP contribution in [0.25, 0.3) is 0 Å². The van der Waals surface area contributed by atoms with Gasteiger partial charge in [-0.1, -0.05) is 32.9 Å². The SMILES string of the molecule is Cc1cccc(OCN2CCc3nc(C(C)(C)C)ncc3C2)c1C. The Balaban J connectivity index is 1.66. The van der Waals surface area contributed by atoms with E-state index in [9.17, 15) is 0 Å². The normalized spacial score (nSPS) is 15.2. The minimum atomic E-state index is -0.00201. The maximum Gasteiger partial charge on any atom is 0.142 e. The highest BCUT2D eigenvalue weighted by Gasteiger charge is 2.23. The number of aromatic nitrogens is 2. The van der Waals surface area contributed by atoms with Crippen molar-refractivity contribution < 1.29 is 4.74 Å². The highest BCUT2D eigenvalue weighted by molar-refractivity contribution is 5.38. The van der Waals surface area contributed by atoms with Crippen LogP contribution in [-0.4, -0.2) is 28.1 Å². The molecule has 1 aliphatic rings. The van der Waals surface area contributed by atoms with Gasteiger partial charge in [0.25, 0.3) is 0 Å². The van der Waals surface area contributed by atoms with E-state index in [2.05, 4.69) is 50.6 Å². The summed E-state index contributed by atoms with van der Waals surface area (Å²) in [5, 5.41) is 0. The summed E-state index contributed by atoms with van der Waals surface area (Å²) in [7, 11) is 0. The lowest BCUT2D eigenvalue weighted by atomic mass is 9.95. The molecular weight excluding hydrogens is 298 g/mol. The van der Waals surface area contributed by atoms with Crippen LogP contribution in [0.15, 0.2) is 24.4 Å². The summed E-state index contributed by atoms with van der Waals surface area (Å²) in [5.74, 6) is 1.90. The minimum Gasteiger partial charge on any atom is -0.478 e. The molecule has 3 rings (SSSR count). The fraction of sp³-hybridized carbons (Fsp3) is 0.500. The predicted octanol–water partition coefficient (Wildman–Crippen LogP) is 3.79.